The SMILES string of the molecule is C=CCC[C@H](NC(=O)[C@@H]1C[C@@H](OCc2ccccc2)CN1C(=O)[C@@H](NC(=O)OC1CCCC1)C(C)(C)C)C(=O)O. The molecule has 1 heterocycles. The van der Waals surface area contributed by atoms with E-state index in [2.05, 4.69) is 17.2 Å². The third kappa shape index (κ3) is 8.81. The highest BCUT2D eigenvalue weighted by molar-refractivity contribution is 5.93. The first-order chi connectivity index (χ1) is 19.0. The molecule has 4 atom stereocenters. The molecule has 0 spiro atoms. The van der Waals surface area contributed by atoms with Crippen LogP contribution in [0.5, 0.6) is 0 Å². The van der Waals surface area contributed by atoms with Gasteiger partial charge in [-0.3, -0.25) is 9.59 Å². The van der Waals surface area contributed by atoms with Crippen molar-refractivity contribution in [3.8, 4) is 0 Å². The summed E-state index contributed by atoms with van der Waals surface area (Å²) in [5.74, 6) is -2.18. The molecule has 1 aromatic carbocycles. The Morgan fingerprint density at radius 3 is 2.38 bits per heavy atom. The van der Waals surface area contributed by atoms with Gasteiger partial charge in [0.15, 0.2) is 0 Å². The summed E-state index contributed by atoms with van der Waals surface area (Å²) in [5.41, 5.74) is 0.260. The molecule has 0 radical (unpaired) electrons. The molecule has 2 aliphatic rings. The fourth-order valence-corrected chi connectivity index (χ4v) is 5.13. The summed E-state index contributed by atoms with van der Waals surface area (Å²) < 4.78 is 11.6. The molecule has 1 aliphatic carbocycles. The van der Waals surface area contributed by atoms with Crippen molar-refractivity contribution in [1.29, 1.82) is 0 Å². The van der Waals surface area contributed by atoms with Crippen LogP contribution in [0.1, 0.15) is 71.3 Å². The van der Waals surface area contributed by atoms with Crippen LogP contribution in [0.4, 0.5) is 4.79 Å². The highest BCUT2D eigenvalue weighted by atomic mass is 16.6. The van der Waals surface area contributed by atoms with E-state index in [0.717, 1.165) is 31.2 Å². The van der Waals surface area contributed by atoms with E-state index in [9.17, 15) is 24.3 Å². The second-order valence-corrected chi connectivity index (χ2v) is 11.7. The van der Waals surface area contributed by atoms with E-state index in [1.54, 1.807) is 6.08 Å². The fraction of sp³-hybridized carbons (Fsp3) is 0.600. The van der Waals surface area contributed by atoms with Crippen molar-refractivity contribution in [3.05, 3.63) is 48.6 Å². The highest BCUT2D eigenvalue weighted by Crippen LogP contribution is 2.28. The lowest BCUT2D eigenvalue weighted by Gasteiger charge is -2.35. The standard InChI is InChI=1S/C30H43N3O7/c1-5-6-16-23(28(36)37)31-26(34)24-17-22(39-19-20-12-8-7-9-13-20)18-33(24)27(35)25(30(2,3)4)32-29(38)40-21-14-10-11-15-21/h5,7-9,12-13,21-25H,1,6,10-11,14-19H2,2-4H3,(H,31,34)(H,32,38)(H,36,37)/t22-,23+,24+,25-/m1/s1. The molecule has 1 aliphatic heterocycles. The molecular formula is C30H43N3O7. The summed E-state index contributed by atoms with van der Waals surface area (Å²) in [4.78, 5) is 53.3. The Hall–Kier alpha value is -3.40. The van der Waals surface area contributed by atoms with Gasteiger partial charge in [-0.1, -0.05) is 57.2 Å². The third-order valence-corrected chi connectivity index (χ3v) is 7.40. The molecule has 0 bridgehead atoms. The van der Waals surface area contributed by atoms with Crippen molar-refractivity contribution < 1.29 is 33.8 Å². The summed E-state index contributed by atoms with van der Waals surface area (Å²) in [5, 5.41) is 15.0. The summed E-state index contributed by atoms with van der Waals surface area (Å²) in [7, 11) is 0. The van der Waals surface area contributed by atoms with Crippen molar-refractivity contribution in [2.45, 2.75) is 103 Å². The average molecular weight is 558 g/mol. The Bertz CT molecular complexity index is 1030. The number of nitrogens with one attached hydrogen (secondary N) is 2. The van der Waals surface area contributed by atoms with Crippen LogP contribution in [0, 0.1) is 5.41 Å². The minimum atomic E-state index is -1.16. The topological polar surface area (TPSA) is 134 Å². The van der Waals surface area contributed by atoms with E-state index < -0.39 is 53.5 Å². The maximum Gasteiger partial charge on any atom is 0.408 e. The van der Waals surface area contributed by atoms with Crippen LogP contribution in [0.3, 0.4) is 0 Å². The number of hydrogen-bond donors (Lipinski definition) is 3. The first-order valence-corrected chi connectivity index (χ1v) is 14.1. The monoisotopic (exact) mass is 557 g/mol. The predicted octanol–water partition coefficient (Wildman–Crippen LogP) is 3.79. The minimum Gasteiger partial charge on any atom is -0.480 e. The maximum atomic E-state index is 14.0. The van der Waals surface area contributed by atoms with Gasteiger partial charge >= 0.3 is 12.1 Å². The molecule has 10 heteroatoms. The average Bonchev–Trinajstić information content (AvgIpc) is 3.58. The number of benzene rings is 1. The Balaban J connectivity index is 1.79. The summed E-state index contributed by atoms with van der Waals surface area (Å²) in [6.45, 7) is 9.53. The number of rotatable bonds is 12. The van der Waals surface area contributed by atoms with Crippen LogP contribution in [-0.4, -0.2) is 70.8 Å². The molecular weight excluding hydrogens is 514 g/mol. The number of alkyl carbamates (subject to hydrolysis) is 1. The number of carboxylic acids is 1. The number of hydrogen-bond acceptors (Lipinski definition) is 6. The first-order valence-electron chi connectivity index (χ1n) is 14.1. The van der Waals surface area contributed by atoms with Crippen molar-refractivity contribution >= 4 is 23.9 Å². The molecule has 0 aromatic heterocycles. The molecule has 3 rings (SSSR count). The number of aliphatic carboxylic acids is 1. The lowest BCUT2D eigenvalue weighted by molar-refractivity contribution is -0.145. The molecule has 3 amide bonds. The van der Waals surface area contributed by atoms with Crippen LogP contribution in [0.2, 0.25) is 0 Å². The molecule has 1 saturated heterocycles. The van der Waals surface area contributed by atoms with Crippen LogP contribution in [0.25, 0.3) is 0 Å². The molecule has 2 fully saturated rings. The zero-order valence-corrected chi connectivity index (χ0v) is 23.8. The van der Waals surface area contributed by atoms with E-state index in [0.29, 0.717) is 13.0 Å². The van der Waals surface area contributed by atoms with Gasteiger partial charge in [0.2, 0.25) is 11.8 Å². The second kappa shape index (κ2) is 14.3. The normalized spacial score (nSPS) is 20.9. The van der Waals surface area contributed by atoms with Crippen LogP contribution in [-0.2, 0) is 30.5 Å². The minimum absolute atomic E-state index is 0.125. The molecule has 1 saturated carbocycles. The number of carbonyl (C=O) groups excluding carboxylic acids is 3. The first kappa shape index (κ1) is 31.1. The van der Waals surface area contributed by atoms with Gasteiger partial charge in [-0.25, -0.2) is 9.59 Å². The Labute approximate surface area is 236 Å². The Morgan fingerprint density at radius 1 is 1.10 bits per heavy atom. The maximum absolute atomic E-state index is 14.0. The van der Waals surface area contributed by atoms with Gasteiger partial charge in [-0.15, -0.1) is 6.58 Å². The fourth-order valence-electron chi connectivity index (χ4n) is 5.13. The van der Waals surface area contributed by atoms with E-state index >= 15 is 0 Å². The van der Waals surface area contributed by atoms with E-state index in [4.69, 9.17) is 9.47 Å². The summed E-state index contributed by atoms with van der Waals surface area (Å²) in [6.07, 6.45) is 4.69. The third-order valence-electron chi connectivity index (χ3n) is 7.40. The van der Waals surface area contributed by atoms with E-state index in [1.165, 1.54) is 4.90 Å². The van der Waals surface area contributed by atoms with Gasteiger partial charge in [0.05, 0.1) is 12.7 Å². The van der Waals surface area contributed by atoms with Gasteiger partial charge in [-0.05, 0) is 49.5 Å². The molecule has 1 aromatic rings. The van der Waals surface area contributed by atoms with Crippen molar-refractivity contribution in [1.82, 2.24) is 15.5 Å². The van der Waals surface area contributed by atoms with Gasteiger partial charge < -0.3 is 30.1 Å². The predicted molar refractivity (Wildman–Crippen MR) is 149 cm³/mol. The number of carboxylic acid groups (broad SMARTS) is 1. The van der Waals surface area contributed by atoms with Crippen LogP contribution < -0.4 is 10.6 Å². The number of amides is 3. The highest BCUT2D eigenvalue weighted by Gasteiger charge is 2.46. The van der Waals surface area contributed by atoms with Crippen LogP contribution in [0.15, 0.2) is 43.0 Å². The zero-order chi connectivity index (χ0) is 29.3. The van der Waals surface area contributed by atoms with Gasteiger partial charge in [-0.2, -0.15) is 0 Å². The van der Waals surface area contributed by atoms with Gasteiger partial charge in [0.25, 0.3) is 0 Å². The second-order valence-electron chi connectivity index (χ2n) is 11.7. The largest absolute Gasteiger partial charge is 0.480 e. The van der Waals surface area contributed by atoms with Gasteiger partial charge in [0.1, 0.15) is 24.2 Å². The molecule has 220 valence electrons. The number of carbonyl (C=O) groups is 4. The number of nitrogens with zero attached hydrogens (tertiary/aromatic N) is 1. The lowest BCUT2D eigenvalue weighted by atomic mass is 9.85. The smallest absolute Gasteiger partial charge is 0.408 e. The number of allylic oxidation sites excluding steroid dienone is 1. The molecule has 10 nitrogen and oxygen atoms in total. The molecule has 3 N–H and O–H groups in total. The zero-order valence-electron chi connectivity index (χ0n) is 23.8. The van der Waals surface area contributed by atoms with E-state index in [1.807, 2.05) is 51.1 Å². The summed E-state index contributed by atoms with van der Waals surface area (Å²) in [6, 6.07) is 6.51. The Morgan fingerprint density at radius 2 is 1.77 bits per heavy atom. The van der Waals surface area contributed by atoms with Crippen molar-refractivity contribution in [2.24, 2.45) is 5.41 Å². The quantitative estimate of drug-likeness (QED) is 0.333. The lowest BCUT2D eigenvalue weighted by Crippen LogP contribution is -2.58. The molecule has 0 unspecified atom stereocenters. The van der Waals surface area contributed by atoms with E-state index in [-0.39, 0.29) is 25.5 Å². The number of likely N-dealkylation sites (tertiary alicyclic amines) is 1. The molecule has 40 heavy (non-hydrogen) atoms. The van der Waals surface area contributed by atoms with Crippen LogP contribution >= 0.6 is 0 Å². The Kier molecular flexibility index (Phi) is 11.1. The summed E-state index contributed by atoms with van der Waals surface area (Å²) >= 11 is 0. The number of ether oxygens (including phenoxy) is 2. The van der Waals surface area contributed by atoms with Crippen molar-refractivity contribution in [2.75, 3.05) is 6.54 Å². The van der Waals surface area contributed by atoms with Gasteiger partial charge in [0, 0.05) is 13.0 Å². The van der Waals surface area contributed by atoms with Crippen molar-refractivity contribution in [3.63, 3.8) is 0 Å².